The summed E-state index contributed by atoms with van der Waals surface area (Å²) in [5.74, 6) is 0. The van der Waals surface area contributed by atoms with Crippen molar-refractivity contribution in [2.75, 3.05) is 6.54 Å². The SMILES string of the molecule is N#Cc1cccc([N-]S(=O)(=O)c2ccc3c(c2)C[NH2+]CC3)c1. The van der Waals surface area contributed by atoms with Crippen LogP contribution in [0.4, 0.5) is 5.69 Å². The van der Waals surface area contributed by atoms with Gasteiger partial charge in [0.15, 0.2) is 0 Å². The Morgan fingerprint density at radius 2 is 2.00 bits per heavy atom. The molecule has 1 aliphatic rings. The number of nitrogens with two attached hydrogens (primary N) is 1. The average Bonchev–Trinajstić information content (AvgIpc) is 2.54. The van der Waals surface area contributed by atoms with E-state index in [1.54, 1.807) is 30.3 Å². The Morgan fingerprint density at radius 1 is 1.14 bits per heavy atom. The summed E-state index contributed by atoms with van der Waals surface area (Å²) in [4.78, 5) is 0.198. The molecule has 0 radical (unpaired) electrons. The fourth-order valence-electron chi connectivity index (χ4n) is 2.54. The highest BCUT2D eigenvalue weighted by Crippen LogP contribution is 2.29. The van der Waals surface area contributed by atoms with E-state index in [-0.39, 0.29) is 10.6 Å². The molecule has 1 heterocycles. The lowest BCUT2D eigenvalue weighted by Gasteiger charge is -2.23. The first-order chi connectivity index (χ1) is 10.6. The standard InChI is InChI=1S/C16H14N3O2S/c17-10-12-2-1-3-15(8-12)19-22(20,21)16-5-4-13-6-7-18-11-14(13)9-16/h1-5,8-9,18H,6-7,11H2/q-1/p+1. The van der Waals surface area contributed by atoms with Crippen molar-refractivity contribution in [1.82, 2.24) is 0 Å². The van der Waals surface area contributed by atoms with Gasteiger partial charge in [0.2, 0.25) is 0 Å². The molecule has 0 fully saturated rings. The zero-order valence-electron chi connectivity index (χ0n) is 11.9. The van der Waals surface area contributed by atoms with E-state index < -0.39 is 10.0 Å². The number of benzene rings is 2. The topological polar surface area (TPSA) is 88.6 Å². The molecule has 1 aliphatic heterocycles. The Morgan fingerprint density at radius 3 is 2.82 bits per heavy atom. The summed E-state index contributed by atoms with van der Waals surface area (Å²) in [6, 6.07) is 13.4. The molecule has 6 heteroatoms. The Labute approximate surface area is 129 Å². The minimum Gasteiger partial charge on any atom is -0.573 e. The van der Waals surface area contributed by atoms with Gasteiger partial charge < -0.3 is 10.0 Å². The molecule has 0 spiro atoms. The Hall–Kier alpha value is -2.36. The summed E-state index contributed by atoms with van der Waals surface area (Å²) >= 11 is 0. The van der Waals surface area contributed by atoms with Crippen molar-refractivity contribution in [1.29, 1.82) is 5.26 Å². The van der Waals surface area contributed by atoms with Crippen LogP contribution in [0.25, 0.3) is 4.72 Å². The number of hydrogen-bond donors (Lipinski definition) is 1. The van der Waals surface area contributed by atoms with Crippen LogP contribution in [0.2, 0.25) is 0 Å². The monoisotopic (exact) mass is 313 g/mol. The van der Waals surface area contributed by atoms with Gasteiger partial charge in [-0.3, -0.25) is 0 Å². The second-order valence-electron chi connectivity index (χ2n) is 5.19. The third kappa shape index (κ3) is 2.96. The van der Waals surface area contributed by atoms with Gasteiger partial charge in [0.05, 0.1) is 23.1 Å². The molecule has 0 amide bonds. The van der Waals surface area contributed by atoms with Gasteiger partial charge in [0, 0.05) is 12.0 Å². The highest BCUT2D eigenvalue weighted by molar-refractivity contribution is 7.94. The third-order valence-electron chi connectivity index (χ3n) is 3.66. The number of rotatable bonds is 3. The molecule has 3 rings (SSSR count). The Balaban J connectivity index is 1.91. The van der Waals surface area contributed by atoms with Crippen molar-refractivity contribution >= 4 is 15.7 Å². The molecule has 2 aromatic carbocycles. The third-order valence-corrected chi connectivity index (χ3v) is 4.96. The van der Waals surface area contributed by atoms with Crippen molar-refractivity contribution in [2.24, 2.45) is 0 Å². The predicted molar refractivity (Wildman–Crippen MR) is 82.0 cm³/mol. The van der Waals surface area contributed by atoms with Gasteiger partial charge >= 0.3 is 0 Å². The van der Waals surface area contributed by atoms with Crippen LogP contribution in [0.3, 0.4) is 0 Å². The molecule has 0 bridgehead atoms. The van der Waals surface area contributed by atoms with Gasteiger partial charge in [-0.25, -0.2) is 8.42 Å². The summed E-state index contributed by atoms with van der Waals surface area (Å²) in [7, 11) is -3.77. The molecular weight excluding hydrogens is 298 g/mol. The van der Waals surface area contributed by atoms with Crippen LogP contribution in [0.15, 0.2) is 47.4 Å². The first-order valence-electron chi connectivity index (χ1n) is 7.00. The fraction of sp³-hybridized carbons (Fsp3) is 0.188. The number of nitrogens with zero attached hydrogens (tertiary/aromatic N) is 2. The van der Waals surface area contributed by atoms with E-state index in [2.05, 4.69) is 10.0 Å². The van der Waals surface area contributed by atoms with Crippen LogP contribution in [0.5, 0.6) is 0 Å². The molecule has 0 saturated heterocycles. The quantitative estimate of drug-likeness (QED) is 0.933. The lowest BCUT2D eigenvalue weighted by atomic mass is 10.0. The Bertz CT molecular complexity index is 854. The molecule has 0 atom stereocenters. The van der Waals surface area contributed by atoms with E-state index in [9.17, 15) is 8.42 Å². The summed E-state index contributed by atoms with van der Waals surface area (Å²) in [6.07, 6.45) is 0.955. The zero-order chi connectivity index (χ0) is 15.6. The summed E-state index contributed by atoms with van der Waals surface area (Å²) in [5.41, 5.74) is 2.90. The van der Waals surface area contributed by atoms with E-state index >= 15 is 0 Å². The van der Waals surface area contributed by atoms with Crippen molar-refractivity contribution in [2.45, 2.75) is 17.9 Å². The largest absolute Gasteiger partial charge is 0.573 e. The predicted octanol–water partition coefficient (Wildman–Crippen LogP) is 1.57. The molecule has 0 aromatic heterocycles. The van der Waals surface area contributed by atoms with Crippen LogP contribution in [0, 0.1) is 11.3 Å². The van der Waals surface area contributed by atoms with Crippen LogP contribution in [-0.4, -0.2) is 15.0 Å². The summed E-state index contributed by atoms with van der Waals surface area (Å²) < 4.78 is 28.7. The minimum absolute atomic E-state index is 0.198. The molecule has 2 N–H and O–H groups in total. The number of hydrogen-bond acceptors (Lipinski definition) is 3. The van der Waals surface area contributed by atoms with Crippen LogP contribution in [-0.2, 0) is 23.0 Å². The minimum atomic E-state index is -3.77. The van der Waals surface area contributed by atoms with Crippen molar-refractivity contribution < 1.29 is 13.7 Å². The molecule has 0 saturated carbocycles. The maximum Gasteiger partial charge on any atom is 0.123 e. The molecule has 0 unspecified atom stereocenters. The fourth-order valence-corrected chi connectivity index (χ4v) is 3.56. The number of sulfonamides is 1. The van der Waals surface area contributed by atoms with Gasteiger partial charge in [-0.2, -0.15) is 5.26 Å². The smallest absolute Gasteiger partial charge is 0.123 e. The van der Waals surface area contributed by atoms with E-state index in [4.69, 9.17) is 5.26 Å². The maximum atomic E-state index is 12.4. The average molecular weight is 313 g/mol. The van der Waals surface area contributed by atoms with Crippen LogP contribution in [0.1, 0.15) is 16.7 Å². The van der Waals surface area contributed by atoms with E-state index in [0.29, 0.717) is 5.56 Å². The van der Waals surface area contributed by atoms with Crippen molar-refractivity contribution in [3.63, 3.8) is 0 Å². The molecule has 22 heavy (non-hydrogen) atoms. The maximum absolute atomic E-state index is 12.4. The van der Waals surface area contributed by atoms with Gasteiger partial charge in [-0.15, -0.1) is 5.69 Å². The van der Waals surface area contributed by atoms with E-state index in [0.717, 1.165) is 25.1 Å². The first-order valence-corrected chi connectivity index (χ1v) is 8.44. The van der Waals surface area contributed by atoms with Gasteiger partial charge in [0.25, 0.3) is 0 Å². The molecule has 112 valence electrons. The number of nitriles is 1. The van der Waals surface area contributed by atoms with Gasteiger partial charge in [-0.1, -0.05) is 24.3 Å². The van der Waals surface area contributed by atoms with E-state index in [1.807, 2.05) is 12.1 Å². The summed E-state index contributed by atoms with van der Waals surface area (Å²) in [6.45, 7) is 1.83. The number of fused-ring (bicyclic) bond motifs is 1. The van der Waals surface area contributed by atoms with Crippen molar-refractivity contribution in [3.8, 4) is 6.07 Å². The van der Waals surface area contributed by atoms with Crippen LogP contribution >= 0.6 is 0 Å². The zero-order valence-corrected chi connectivity index (χ0v) is 12.7. The molecular formula is C16H15N3O2S. The second-order valence-corrected chi connectivity index (χ2v) is 6.79. The highest BCUT2D eigenvalue weighted by atomic mass is 32.2. The lowest BCUT2D eigenvalue weighted by Crippen LogP contribution is -2.84. The molecule has 2 aromatic rings. The van der Waals surface area contributed by atoms with Crippen molar-refractivity contribution in [3.05, 3.63) is 63.9 Å². The molecule has 5 nitrogen and oxygen atoms in total. The van der Waals surface area contributed by atoms with Crippen LogP contribution < -0.4 is 5.32 Å². The van der Waals surface area contributed by atoms with E-state index in [1.165, 1.54) is 11.6 Å². The lowest BCUT2D eigenvalue weighted by molar-refractivity contribution is -0.673. The Kier molecular flexibility index (Phi) is 3.84. The number of quaternary nitrogens is 1. The second kappa shape index (κ2) is 5.79. The molecule has 0 aliphatic carbocycles. The first kappa shape index (κ1) is 14.6. The van der Waals surface area contributed by atoms with Gasteiger partial charge in [0.1, 0.15) is 16.6 Å². The summed E-state index contributed by atoms with van der Waals surface area (Å²) in [5, 5.41) is 11.0. The normalized spacial score (nSPS) is 14.0. The highest BCUT2D eigenvalue weighted by Gasteiger charge is 2.14. The van der Waals surface area contributed by atoms with Gasteiger partial charge in [-0.05, 0) is 23.8 Å².